The van der Waals surface area contributed by atoms with Crippen molar-refractivity contribution in [3.8, 4) is 0 Å². The Kier molecular flexibility index (Phi) is 4.67. The number of carbonyl (C=O) groups excluding carboxylic acids is 1. The van der Waals surface area contributed by atoms with Gasteiger partial charge in [-0.3, -0.25) is 4.79 Å². The molecule has 2 saturated heterocycles. The van der Waals surface area contributed by atoms with Crippen LogP contribution in [-0.4, -0.2) is 29.6 Å². The highest BCUT2D eigenvalue weighted by molar-refractivity contribution is 5.79. The Hall–Kier alpha value is -0.670. The summed E-state index contributed by atoms with van der Waals surface area (Å²) in [7, 11) is 0. The van der Waals surface area contributed by atoms with E-state index in [1.54, 1.807) is 5.57 Å². The normalized spacial score (nSPS) is 54.3. The van der Waals surface area contributed by atoms with Crippen LogP contribution < -0.4 is 5.32 Å². The van der Waals surface area contributed by atoms with Crippen LogP contribution in [0.25, 0.3) is 0 Å². The van der Waals surface area contributed by atoms with Crippen LogP contribution in [0.3, 0.4) is 0 Å². The number of Topliss-reactive ketones (excluding diaryl/α,β-unsaturated/α-hetero) is 1. The van der Waals surface area contributed by atoms with Crippen LogP contribution in [0, 0.1) is 35.0 Å². The number of nitrogens with one attached hydrogen (secondary N) is 1. The number of hydrogen-bond acceptors (Lipinski definition) is 3. The van der Waals surface area contributed by atoms with E-state index in [4.69, 9.17) is 4.74 Å². The molecule has 0 radical (unpaired) electrons. The average molecular weight is 426 g/mol. The SMILES string of the molecule is CC1=C2C[C@H]3[C@@H](CCC4CC(=O)CCC43C)[C@@H]2CC[C@@]2(C1)OC1(C)CCCN[C@H]1[C@H]2C. The van der Waals surface area contributed by atoms with Crippen LogP contribution in [-0.2, 0) is 9.53 Å². The third kappa shape index (κ3) is 2.87. The molecule has 3 unspecified atom stereocenters. The molecule has 1 N–H and O–H groups in total. The first-order chi connectivity index (χ1) is 14.8. The Morgan fingerprint density at radius 3 is 2.71 bits per heavy atom. The zero-order chi connectivity index (χ0) is 21.6. The van der Waals surface area contributed by atoms with Crippen LogP contribution in [0.5, 0.6) is 0 Å². The molecule has 5 fully saturated rings. The molecule has 6 rings (SSSR count). The highest BCUT2D eigenvalue weighted by atomic mass is 16.5. The Morgan fingerprint density at radius 2 is 1.90 bits per heavy atom. The van der Waals surface area contributed by atoms with Crippen LogP contribution in [0.4, 0.5) is 0 Å². The minimum atomic E-state index is 0.0186. The third-order valence-electron chi connectivity index (χ3n) is 11.6. The molecule has 2 heterocycles. The summed E-state index contributed by atoms with van der Waals surface area (Å²) in [6.45, 7) is 11.0. The zero-order valence-electron chi connectivity index (χ0n) is 20.3. The number of fused-ring (bicyclic) bond motifs is 6. The Bertz CT molecular complexity index is 818. The van der Waals surface area contributed by atoms with Crippen molar-refractivity contribution < 1.29 is 9.53 Å². The number of hydrogen-bond donors (Lipinski definition) is 1. The van der Waals surface area contributed by atoms with Gasteiger partial charge in [-0.05, 0) is 107 Å². The van der Waals surface area contributed by atoms with Crippen LogP contribution in [0.15, 0.2) is 11.1 Å². The van der Waals surface area contributed by atoms with Crippen molar-refractivity contribution in [3.63, 3.8) is 0 Å². The van der Waals surface area contributed by atoms with Crippen molar-refractivity contribution in [2.75, 3.05) is 6.54 Å². The van der Waals surface area contributed by atoms with Gasteiger partial charge in [0, 0.05) is 24.8 Å². The van der Waals surface area contributed by atoms with E-state index >= 15 is 0 Å². The second-order valence-corrected chi connectivity index (χ2v) is 12.9. The number of ether oxygens (including phenoxy) is 1. The van der Waals surface area contributed by atoms with Gasteiger partial charge >= 0.3 is 0 Å². The molecule has 3 heteroatoms. The Balaban J connectivity index is 1.30. The van der Waals surface area contributed by atoms with Crippen molar-refractivity contribution >= 4 is 5.78 Å². The quantitative estimate of drug-likeness (QED) is 0.497. The lowest BCUT2D eigenvalue weighted by molar-refractivity contribution is -0.130. The summed E-state index contributed by atoms with van der Waals surface area (Å²) in [4.78, 5) is 12.2. The second-order valence-electron chi connectivity index (χ2n) is 12.9. The van der Waals surface area contributed by atoms with Crippen LogP contribution >= 0.6 is 0 Å². The van der Waals surface area contributed by atoms with E-state index in [0.29, 0.717) is 29.1 Å². The fraction of sp³-hybridized carbons (Fsp3) is 0.893. The largest absolute Gasteiger partial charge is 0.367 e. The van der Waals surface area contributed by atoms with E-state index in [9.17, 15) is 4.79 Å². The summed E-state index contributed by atoms with van der Waals surface area (Å²) in [5, 5.41) is 3.84. The van der Waals surface area contributed by atoms with E-state index in [-0.39, 0.29) is 11.2 Å². The molecule has 0 bridgehead atoms. The predicted octanol–water partition coefficient (Wildman–Crippen LogP) is 5.82. The Morgan fingerprint density at radius 1 is 1.06 bits per heavy atom. The summed E-state index contributed by atoms with van der Waals surface area (Å²) in [5.41, 5.74) is 3.93. The van der Waals surface area contributed by atoms with Gasteiger partial charge in [-0.15, -0.1) is 0 Å². The third-order valence-corrected chi connectivity index (χ3v) is 11.6. The maximum absolute atomic E-state index is 12.2. The Labute approximate surface area is 189 Å². The summed E-state index contributed by atoms with van der Waals surface area (Å²) < 4.78 is 7.13. The molecule has 1 spiro atoms. The van der Waals surface area contributed by atoms with E-state index in [2.05, 4.69) is 33.0 Å². The summed E-state index contributed by atoms with van der Waals surface area (Å²) >= 11 is 0. The lowest BCUT2D eigenvalue weighted by Crippen LogP contribution is -2.52. The molecule has 0 aromatic carbocycles. The molecule has 9 atom stereocenters. The van der Waals surface area contributed by atoms with Gasteiger partial charge in [0.1, 0.15) is 5.78 Å². The van der Waals surface area contributed by atoms with E-state index in [1.165, 1.54) is 44.9 Å². The highest BCUT2D eigenvalue weighted by Crippen LogP contribution is 2.65. The number of piperidine rings is 1. The van der Waals surface area contributed by atoms with Gasteiger partial charge in [0.05, 0.1) is 11.2 Å². The summed E-state index contributed by atoms with van der Waals surface area (Å²) in [5.74, 6) is 4.20. The van der Waals surface area contributed by atoms with Gasteiger partial charge < -0.3 is 10.1 Å². The standard InChI is InChI=1S/C28H43NO2/c1-17-16-28(18(2)25-27(4,31-28)10-5-13-29-25)12-9-21-22-7-6-19-14-20(30)8-11-26(19,3)24(22)15-23(17)21/h18-19,21-22,24-25,29H,5-16H2,1-4H3/t18-,19?,21+,22+,24+,25+,26?,27?,28+/m1/s1. The summed E-state index contributed by atoms with van der Waals surface area (Å²) in [6, 6.07) is 0.513. The fourth-order valence-corrected chi connectivity index (χ4v) is 9.89. The van der Waals surface area contributed by atoms with Gasteiger partial charge in [-0.1, -0.05) is 25.0 Å². The molecular weight excluding hydrogens is 382 g/mol. The fourth-order valence-electron chi connectivity index (χ4n) is 9.89. The molecule has 172 valence electrons. The van der Waals surface area contributed by atoms with E-state index in [1.807, 2.05) is 5.57 Å². The van der Waals surface area contributed by atoms with Gasteiger partial charge in [0.15, 0.2) is 0 Å². The maximum Gasteiger partial charge on any atom is 0.133 e. The topological polar surface area (TPSA) is 38.3 Å². The molecular formula is C28H43NO2. The molecule has 3 saturated carbocycles. The van der Waals surface area contributed by atoms with Crippen LogP contribution in [0.2, 0.25) is 0 Å². The molecule has 4 aliphatic carbocycles. The van der Waals surface area contributed by atoms with E-state index in [0.717, 1.165) is 50.0 Å². The number of rotatable bonds is 0. The molecule has 3 nitrogen and oxygen atoms in total. The minimum absolute atomic E-state index is 0.0186. The zero-order valence-corrected chi connectivity index (χ0v) is 20.3. The van der Waals surface area contributed by atoms with Crippen LogP contribution in [0.1, 0.15) is 98.3 Å². The number of ketones is 1. The van der Waals surface area contributed by atoms with Gasteiger partial charge in [-0.25, -0.2) is 0 Å². The lowest BCUT2D eigenvalue weighted by Gasteiger charge is -2.52. The first-order valence-electron chi connectivity index (χ1n) is 13.4. The molecule has 0 aromatic rings. The maximum atomic E-state index is 12.2. The van der Waals surface area contributed by atoms with Gasteiger partial charge in [0.2, 0.25) is 0 Å². The molecule has 31 heavy (non-hydrogen) atoms. The lowest BCUT2D eigenvalue weighted by atomic mass is 9.52. The van der Waals surface area contributed by atoms with Crippen molar-refractivity contribution in [2.45, 2.75) is 116 Å². The number of allylic oxidation sites excluding steroid dienone is 1. The van der Waals surface area contributed by atoms with Crippen molar-refractivity contribution in [3.05, 3.63) is 11.1 Å². The average Bonchev–Trinajstić information content (AvgIpc) is 3.16. The van der Waals surface area contributed by atoms with Gasteiger partial charge in [-0.2, -0.15) is 0 Å². The van der Waals surface area contributed by atoms with Gasteiger partial charge in [0.25, 0.3) is 0 Å². The number of carbonyl (C=O) groups is 1. The second kappa shape index (κ2) is 6.92. The van der Waals surface area contributed by atoms with E-state index < -0.39 is 0 Å². The first-order valence-corrected chi connectivity index (χ1v) is 13.4. The molecule has 2 aliphatic heterocycles. The monoisotopic (exact) mass is 425 g/mol. The molecule has 0 aromatic heterocycles. The van der Waals surface area contributed by atoms with Crippen molar-refractivity contribution in [1.29, 1.82) is 0 Å². The molecule has 6 aliphatic rings. The van der Waals surface area contributed by atoms with Crippen molar-refractivity contribution in [2.24, 2.45) is 35.0 Å². The summed E-state index contributed by atoms with van der Waals surface area (Å²) in [6.07, 6.45) is 12.9. The van der Waals surface area contributed by atoms with Crippen molar-refractivity contribution in [1.82, 2.24) is 5.32 Å². The predicted molar refractivity (Wildman–Crippen MR) is 124 cm³/mol. The molecule has 0 amide bonds. The highest BCUT2D eigenvalue weighted by Gasteiger charge is 2.61. The smallest absolute Gasteiger partial charge is 0.133 e. The minimum Gasteiger partial charge on any atom is -0.367 e. The first kappa shape index (κ1) is 20.9.